The van der Waals surface area contributed by atoms with Crippen LogP contribution in [0.3, 0.4) is 0 Å². The second-order valence-corrected chi connectivity index (χ2v) is 6.20. The van der Waals surface area contributed by atoms with E-state index in [1.165, 1.54) is 0 Å². The third-order valence-electron chi connectivity index (χ3n) is 4.24. The minimum absolute atomic E-state index is 0.0844. The van der Waals surface area contributed by atoms with Gasteiger partial charge in [0.05, 0.1) is 11.8 Å². The van der Waals surface area contributed by atoms with Crippen molar-refractivity contribution >= 4 is 11.9 Å². The number of carbonyl (C=O) groups excluding carboxylic acids is 1. The Balaban J connectivity index is 2.63. The predicted octanol–water partition coefficient (Wildman–Crippen LogP) is 3.64. The molecule has 0 saturated heterocycles. The molecule has 0 heterocycles. The minimum Gasteiger partial charge on any atom is -0.481 e. The summed E-state index contributed by atoms with van der Waals surface area (Å²) in [7, 11) is 0. The first-order valence-corrected chi connectivity index (χ1v) is 7.90. The molecule has 1 fully saturated rings. The molecule has 1 aliphatic rings. The monoisotopic (exact) mass is 284 g/mol. The van der Waals surface area contributed by atoms with Crippen LogP contribution in [0, 0.1) is 17.8 Å². The lowest BCUT2D eigenvalue weighted by atomic mass is 9.79. The third kappa shape index (κ3) is 4.80. The number of unbranched alkanes of at least 4 members (excludes halogenated alkanes) is 1. The Kier molecular flexibility index (Phi) is 7.03. The summed E-state index contributed by atoms with van der Waals surface area (Å²) in [5, 5.41) is 9.23. The molecule has 1 rings (SSSR count). The van der Waals surface area contributed by atoms with Gasteiger partial charge in [-0.25, -0.2) is 0 Å². The lowest BCUT2D eigenvalue weighted by Gasteiger charge is -2.29. The molecular weight excluding hydrogens is 256 g/mol. The zero-order valence-electron chi connectivity index (χ0n) is 12.9. The maximum atomic E-state index is 12.3. The van der Waals surface area contributed by atoms with Gasteiger partial charge in [-0.05, 0) is 25.2 Å². The van der Waals surface area contributed by atoms with Crippen LogP contribution < -0.4 is 0 Å². The number of aliphatic carboxylic acids is 1. The van der Waals surface area contributed by atoms with E-state index in [9.17, 15) is 14.7 Å². The highest BCUT2D eigenvalue weighted by Crippen LogP contribution is 2.32. The van der Waals surface area contributed by atoms with Crippen LogP contribution >= 0.6 is 0 Å². The van der Waals surface area contributed by atoms with E-state index in [2.05, 4.69) is 6.92 Å². The molecule has 0 aromatic heterocycles. The van der Waals surface area contributed by atoms with E-state index in [1.807, 2.05) is 13.8 Å². The van der Waals surface area contributed by atoms with E-state index < -0.39 is 17.8 Å². The summed E-state index contributed by atoms with van der Waals surface area (Å²) < 4.78 is 5.63. The standard InChI is InChI=1S/C16H28O4/c1-4-5-10-14(11(2)3)20-16(19)13-9-7-6-8-12(13)15(17)18/h11-14H,4-10H2,1-3H3,(H,17,18). The number of carboxylic acids is 1. The molecule has 1 saturated carbocycles. The van der Waals surface area contributed by atoms with Crippen LogP contribution in [-0.2, 0) is 14.3 Å². The van der Waals surface area contributed by atoms with Gasteiger partial charge in [-0.2, -0.15) is 0 Å². The third-order valence-corrected chi connectivity index (χ3v) is 4.24. The van der Waals surface area contributed by atoms with Crippen molar-refractivity contribution in [2.24, 2.45) is 17.8 Å². The number of carbonyl (C=O) groups is 2. The van der Waals surface area contributed by atoms with Gasteiger partial charge in [-0.3, -0.25) is 9.59 Å². The molecule has 1 aliphatic carbocycles. The van der Waals surface area contributed by atoms with Crippen LogP contribution in [0.4, 0.5) is 0 Å². The summed E-state index contributed by atoms with van der Waals surface area (Å²) in [5.74, 6) is -1.90. The second-order valence-electron chi connectivity index (χ2n) is 6.20. The van der Waals surface area contributed by atoms with Gasteiger partial charge in [-0.15, -0.1) is 0 Å². The van der Waals surface area contributed by atoms with Gasteiger partial charge in [0.15, 0.2) is 0 Å². The number of carboxylic acid groups (broad SMARTS) is 1. The normalized spacial score (nSPS) is 24.4. The zero-order valence-corrected chi connectivity index (χ0v) is 12.9. The van der Waals surface area contributed by atoms with E-state index in [1.54, 1.807) is 0 Å². The second kappa shape index (κ2) is 8.28. The highest BCUT2D eigenvalue weighted by atomic mass is 16.5. The van der Waals surface area contributed by atoms with Crippen molar-refractivity contribution in [1.82, 2.24) is 0 Å². The Morgan fingerprint density at radius 2 is 1.80 bits per heavy atom. The first kappa shape index (κ1) is 17.0. The van der Waals surface area contributed by atoms with Gasteiger partial charge >= 0.3 is 11.9 Å². The van der Waals surface area contributed by atoms with Crippen molar-refractivity contribution < 1.29 is 19.4 Å². The molecule has 0 amide bonds. The maximum absolute atomic E-state index is 12.3. The molecule has 3 atom stereocenters. The van der Waals surface area contributed by atoms with E-state index in [-0.39, 0.29) is 18.0 Å². The van der Waals surface area contributed by atoms with Gasteiger partial charge in [0.25, 0.3) is 0 Å². The van der Waals surface area contributed by atoms with Crippen LogP contribution in [0.1, 0.15) is 65.7 Å². The van der Waals surface area contributed by atoms with Crippen molar-refractivity contribution in [3.63, 3.8) is 0 Å². The summed E-state index contributed by atoms with van der Waals surface area (Å²) in [5.41, 5.74) is 0. The molecule has 4 heteroatoms. The van der Waals surface area contributed by atoms with Gasteiger partial charge in [0, 0.05) is 0 Å². The van der Waals surface area contributed by atoms with Gasteiger partial charge in [0.1, 0.15) is 6.10 Å². The molecule has 116 valence electrons. The molecule has 3 unspecified atom stereocenters. The molecule has 0 aromatic carbocycles. The Bertz CT molecular complexity index is 324. The smallest absolute Gasteiger partial charge is 0.310 e. The molecule has 0 aliphatic heterocycles. The largest absolute Gasteiger partial charge is 0.481 e. The highest BCUT2D eigenvalue weighted by Gasteiger charge is 2.37. The summed E-state index contributed by atoms with van der Waals surface area (Å²) in [6, 6.07) is 0. The van der Waals surface area contributed by atoms with Gasteiger partial charge in [-0.1, -0.05) is 46.5 Å². The quantitative estimate of drug-likeness (QED) is 0.725. The first-order valence-electron chi connectivity index (χ1n) is 7.90. The Labute approximate surface area is 121 Å². The van der Waals surface area contributed by atoms with Gasteiger partial charge < -0.3 is 9.84 Å². The molecule has 0 spiro atoms. The average molecular weight is 284 g/mol. The molecule has 20 heavy (non-hydrogen) atoms. The van der Waals surface area contributed by atoms with Crippen molar-refractivity contribution in [2.45, 2.75) is 71.8 Å². The number of rotatable bonds is 7. The molecule has 0 aromatic rings. The van der Waals surface area contributed by atoms with E-state index in [4.69, 9.17) is 4.74 Å². The summed E-state index contributed by atoms with van der Waals surface area (Å²) in [6.45, 7) is 6.20. The fourth-order valence-electron chi connectivity index (χ4n) is 2.88. The number of ether oxygens (including phenoxy) is 1. The number of hydrogen-bond acceptors (Lipinski definition) is 3. The number of hydrogen-bond donors (Lipinski definition) is 1. The predicted molar refractivity (Wildman–Crippen MR) is 77.3 cm³/mol. The Morgan fingerprint density at radius 1 is 1.20 bits per heavy atom. The lowest BCUT2D eigenvalue weighted by Crippen LogP contribution is -2.36. The van der Waals surface area contributed by atoms with Crippen molar-refractivity contribution in [3.05, 3.63) is 0 Å². The SMILES string of the molecule is CCCCC(OC(=O)C1CCCCC1C(=O)O)C(C)C. The first-order chi connectivity index (χ1) is 9.47. The van der Waals surface area contributed by atoms with Crippen molar-refractivity contribution in [2.75, 3.05) is 0 Å². The minimum atomic E-state index is -0.860. The summed E-state index contributed by atoms with van der Waals surface area (Å²) >= 11 is 0. The summed E-state index contributed by atoms with van der Waals surface area (Å²) in [4.78, 5) is 23.6. The van der Waals surface area contributed by atoms with Gasteiger partial charge in [0.2, 0.25) is 0 Å². The molecule has 0 bridgehead atoms. The van der Waals surface area contributed by atoms with E-state index in [0.29, 0.717) is 12.8 Å². The van der Waals surface area contributed by atoms with Crippen LogP contribution in [-0.4, -0.2) is 23.1 Å². The average Bonchev–Trinajstić information content (AvgIpc) is 2.42. The van der Waals surface area contributed by atoms with E-state index in [0.717, 1.165) is 32.1 Å². The van der Waals surface area contributed by atoms with E-state index >= 15 is 0 Å². The van der Waals surface area contributed by atoms with Crippen LogP contribution in [0.2, 0.25) is 0 Å². The van der Waals surface area contributed by atoms with Crippen LogP contribution in [0.5, 0.6) is 0 Å². The fraction of sp³-hybridized carbons (Fsp3) is 0.875. The van der Waals surface area contributed by atoms with Crippen molar-refractivity contribution in [3.8, 4) is 0 Å². The summed E-state index contributed by atoms with van der Waals surface area (Å²) in [6.07, 6.45) is 5.94. The Morgan fingerprint density at radius 3 is 2.30 bits per heavy atom. The topological polar surface area (TPSA) is 63.6 Å². The highest BCUT2D eigenvalue weighted by molar-refractivity contribution is 5.81. The van der Waals surface area contributed by atoms with Crippen molar-refractivity contribution in [1.29, 1.82) is 0 Å². The molecular formula is C16H28O4. The fourth-order valence-corrected chi connectivity index (χ4v) is 2.88. The molecule has 1 N–H and O–H groups in total. The lowest BCUT2D eigenvalue weighted by molar-refractivity contribution is -0.165. The Hall–Kier alpha value is -1.06. The zero-order chi connectivity index (χ0) is 15.1. The number of esters is 1. The maximum Gasteiger partial charge on any atom is 0.310 e. The molecule has 4 nitrogen and oxygen atoms in total. The van der Waals surface area contributed by atoms with Crippen LogP contribution in [0.25, 0.3) is 0 Å². The molecule has 0 radical (unpaired) electrons. The van der Waals surface area contributed by atoms with Crippen LogP contribution in [0.15, 0.2) is 0 Å².